The second kappa shape index (κ2) is 9.94. The van der Waals surface area contributed by atoms with E-state index >= 15 is 0 Å². The fraction of sp³-hybridized carbons (Fsp3) is 0.462. The highest BCUT2D eigenvalue weighted by molar-refractivity contribution is 6.31. The van der Waals surface area contributed by atoms with Gasteiger partial charge in [-0.3, -0.25) is 4.79 Å². The van der Waals surface area contributed by atoms with Gasteiger partial charge in [0.2, 0.25) is 5.91 Å². The molecule has 2 aliphatic rings. The van der Waals surface area contributed by atoms with Gasteiger partial charge in [-0.05, 0) is 72.9 Å². The number of amides is 3. The van der Waals surface area contributed by atoms with Crippen molar-refractivity contribution in [3.63, 3.8) is 0 Å². The molecule has 3 N–H and O–H groups in total. The van der Waals surface area contributed by atoms with Gasteiger partial charge in [-0.15, -0.1) is 0 Å². The van der Waals surface area contributed by atoms with E-state index in [1.54, 1.807) is 0 Å². The first-order valence-corrected chi connectivity index (χ1v) is 12.5. The van der Waals surface area contributed by atoms with Gasteiger partial charge < -0.3 is 16.0 Å². The molecule has 0 spiro atoms. The van der Waals surface area contributed by atoms with E-state index in [1.165, 1.54) is 0 Å². The average molecular weight is 488 g/mol. The van der Waals surface area contributed by atoms with E-state index in [2.05, 4.69) is 35.0 Å². The molecule has 176 valence electrons. The smallest absolute Gasteiger partial charge is 0.315 e. The summed E-state index contributed by atoms with van der Waals surface area (Å²) in [6.07, 6.45) is 3.18. The van der Waals surface area contributed by atoms with Crippen LogP contribution in [0, 0.1) is 12.8 Å². The maximum atomic E-state index is 13.2. The summed E-state index contributed by atoms with van der Waals surface area (Å²) in [5.74, 6) is -0.106. The molecule has 1 saturated carbocycles. The Balaban J connectivity index is 1.72. The first kappa shape index (κ1) is 23.9. The Bertz CT molecular complexity index is 1030. The van der Waals surface area contributed by atoms with Crippen molar-refractivity contribution in [1.82, 2.24) is 16.0 Å². The molecule has 1 heterocycles. The monoisotopic (exact) mass is 487 g/mol. The van der Waals surface area contributed by atoms with E-state index in [0.29, 0.717) is 24.5 Å². The van der Waals surface area contributed by atoms with Gasteiger partial charge in [0.05, 0.1) is 0 Å². The van der Waals surface area contributed by atoms with Crippen molar-refractivity contribution in [2.75, 3.05) is 13.1 Å². The van der Waals surface area contributed by atoms with E-state index < -0.39 is 5.54 Å². The van der Waals surface area contributed by atoms with E-state index in [4.69, 9.17) is 23.2 Å². The second-order valence-electron chi connectivity index (χ2n) is 9.27. The molecule has 4 rings (SSSR count). The molecular weight excluding hydrogens is 457 g/mol. The molecule has 1 aliphatic carbocycles. The maximum Gasteiger partial charge on any atom is 0.315 e. The Morgan fingerprint density at radius 3 is 2.64 bits per heavy atom. The molecule has 2 fully saturated rings. The molecule has 4 atom stereocenters. The minimum atomic E-state index is -0.950. The highest BCUT2D eigenvalue weighted by atomic mass is 35.5. The molecule has 0 aromatic heterocycles. The van der Waals surface area contributed by atoms with Gasteiger partial charge in [-0.2, -0.15) is 0 Å². The number of carbonyl (C=O) groups is 2. The maximum absolute atomic E-state index is 13.2. The fourth-order valence-electron chi connectivity index (χ4n) is 5.55. The highest BCUT2D eigenvalue weighted by Crippen LogP contribution is 2.54. The first-order chi connectivity index (χ1) is 15.9. The van der Waals surface area contributed by atoms with E-state index in [0.717, 1.165) is 41.0 Å². The Kier molecular flexibility index (Phi) is 7.20. The van der Waals surface area contributed by atoms with Crippen molar-refractivity contribution < 1.29 is 9.59 Å². The van der Waals surface area contributed by atoms with Crippen molar-refractivity contribution in [2.45, 2.75) is 56.9 Å². The molecule has 0 unspecified atom stereocenters. The molecule has 33 heavy (non-hydrogen) atoms. The van der Waals surface area contributed by atoms with E-state index in [1.807, 2.05) is 37.3 Å². The van der Waals surface area contributed by atoms with Gasteiger partial charge in [0.1, 0.15) is 5.54 Å². The minimum Gasteiger partial charge on any atom is -0.354 e. The number of hydrogen-bond acceptors (Lipinski definition) is 2. The van der Waals surface area contributed by atoms with Crippen LogP contribution in [0.25, 0.3) is 0 Å². The number of rotatable bonds is 6. The molecule has 1 aliphatic heterocycles. The van der Waals surface area contributed by atoms with Crippen molar-refractivity contribution >= 4 is 35.1 Å². The van der Waals surface area contributed by atoms with Crippen LogP contribution in [0.3, 0.4) is 0 Å². The van der Waals surface area contributed by atoms with Gasteiger partial charge in [0.15, 0.2) is 0 Å². The Hall–Kier alpha value is -2.24. The topological polar surface area (TPSA) is 70.2 Å². The number of carbonyl (C=O) groups excluding carboxylic acids is 2. The van der Waals surface area contributed by atoms with Gasteiger partial charge >= 0.3 is 6.03 Å². The zero-order valence-electron chi connectivity index (χ0n) is 19.1. The van der Waals surface area contributed by atoms with Crippen LogP contribution in [0.1, 0.15) is 61.1 Å². The van der Waals surface area contributed by atoms with Crippen LogP contribution in [-0.2, 0) is 4.79 Å². The normalized spacial score (nSPS) is 26.4. The average Bonchev–Trinajstić information content (AvgIpc) is 3.10. The number of halogens is 2. The molecule has 0 bridgehead atoms. The van der Waals surface area contributed by atoms with Crippen LogP contribution < -0.4 is 16.0 Å². The third kappa shape index (κ3) is 4.71. The van der Waals surface area contributed by atoms with Crippen LogP contribution in [0.2, 0.25) is 10.0 Å². The van der Waals surface area contributed by atoms with Crippen molar-refractivity contribution in [3.8, 4) is 0 Å². The highest BCUT2D eigenvalue weighted by Gasteiger charge is 2.58. The molecule has 0 radical (unpaired) electrons. The zero-order valence-corrected chi connectivity index (χ0v) is 20.6. The van der Waals surface area contributed by atoms with Gasteiger partial charge in [-0.1, -0.05) is 60.8 Å². The van der Waals surface area contributed by atoms with E-state index in [-0.39, 0.29) is 29.7 Å². The molecule has 1 saturated heterocycles. The standard InChI is InChI=1S/C26H31Cl2N3O2/c1-3-4-13-29-25(33)31-26-12-11-20(19-10-5-16(2)14-22(19)28)23(21(26)15-30-24(26)32)17-6-8-18(27)9-7-17/h5-10,14,20-21,23H,3-4,11-13,15H2,1-2H3,(H,30,32)(H2,29,31,33)/t20-,21-,23-,26-/m0/s1. The molecule has 7 heteroatoms. The van der Waals surface area contributed by atoms with E-state index in [9.17, 15) is 9.59 Å². The lowest BCUT2D eigenvalue weighted by atomic mass is 9.60. The Morgan fingerprint density at radius 2 is 1.94 bits per heavy atom. The lowest BCUT2D eigenvalue weighted by Gasteiger charge is -2.46. The zero-order chi connectivity index (χ0) is 23.6. The number of hydrogen-bond donors (Lipinski definition) is 3. The number of fused-ring (bicyclic) bond motifs is 1. The summed E-state index contributed by atoms with van der Waals surface area (Å²) in [7, 11) is 0. The predicted octanol–water partition coefficient (Wildman–Crippen LogP) is 5.55. The SMILES string of the molecule is CCCCNC(=O)N[C@@]12CC[C@@H](c3ccc(C)cc3Cl)[C@H](c3ccc(Cl)cc3)[C@@H]1CNC2=O. The number of aryl methyl sites for hydroxylation is 1. The lowest BCUT2D eigenvalue weighted by Crippen LogP contribution is -2.62. The van der Waals surface area contributed by atoms with Crippen LogP contribution in [0.4, 0.5) is 4.79 Å². The van der Waals surface area contributed by atoms with Crippen LogP contribution in [-0.4, -0.2) is 30.6 Å². The molecule has 3 amide bonds. The molecular formula is C26H31Cl2N3O2. The van der Waals surface area contributed by atoms with Gasteiger partial charge in [0.25, 0.3) is 0 Å². The summed E-state index contributed by atoms with van der Waals surface area (Å²) < 4.78 is 0. The number of benzene rings is 2. The summed E-state index contributed by atoms with van der Waals surface area (Å²) in [4.78, 5) is 25.9. The van der Waals surface area contributed by atoms with Crippen molar-refractivity contribution in [1.29, 1.82) is 0 Å². The third-order valence-electron chi connectivity index (χ3n) is 7.20. The van der Waals surface area contributed by atoms with Gasteiger partial charge in [0, 0.05) is 29.1 Å². The summed E-state index contributed by atoms with van der Waals surface area (Å²) in [5, 5.41) is 10.5. The first-order valence-electron chi connectivity index (χ1n) is 11.7. The summed E-state index contributed by atoms with van der Waals surface area (Å²) in [6, 6.07) is 13.7. The van der Waals surface area contributed by atoms with Gasteiger partial charge in [-0.25, -0.2) is 4.79 Å². The van der Waals surface area contributed by atoms with Crippen LogP contribution in [0.15, 0.2) is 42.5 Å². The van der Waals surface area contributed by atoms with Crippen molar-refractivity contribution in [3.05, 3.63) is 69.2 Å². The number of unbranched alkanes of at least 4 members (excludes halogenated alkanes) is 1. The fourth-order valence-corrected chi connectivity index (χ4v) is 6.05. The Morgan fingerprint density at radius 1 is 1.18 bits per heavy atom. The molecule has 2 aromatic rings. The van der Waals surface area contributed by atoms with Crippen LogP contribution in [0.5, 0.6) is 0 Å². The Labute approximate surface area is 205 Å². The quantitative estimate of drug-likeness (QED) is 0.467. The third-order valence-corrected chi connectivity index (χ3v) is 7.78. The molecule has 5 nitrogen and oxygen atoms in total. The number of urea groups is 1. The summed E-state index contributed by atoms with van der Waals surface area (Å²) >= 11 is 12.9. The van der Waals surface area contributed by atoms with Crippen LogP contribution >= 0.6 is 23.2 Å². The number of nitrogens with one attached hydrogen (secondary N) is 3. The second-order valence-corrected chi connectivity index (χ2v) is 10.1. The largest absolute Gasteiger partial charge is 0.354 e. The lowest BCUT2D eigenvalue weighted by molar-refractivity contribution is -0.126. The predicted molar refractivity (Wildman–Crippen MR) is 133 cm³/mol. The summed E-state index contributed by atoms with van der Waals surface area (Å²) in [6.45, 7) is 5.19. The minimum absolute atomic E-state index is 0.00823. The summed E-state index contributed by atoms with van der Waals surface area (Å²) in [5.41, 5.74) is 2.34. The molecule has 2 aromatic carbocycles. The van der Waals surface area contributed by atoms with Crippen molar-refractivity contribution in [2.24, 2.45) is 5.92 Å².